The van der Waals surface area contributed by atoms with E-state index in [1.54, 1.807) is 0 Å². The van der Waals surface area contributed by atoms with Crippen LogP contribution in [-0.4, -0.2) is 25.4 Å². The van der Waals surface area contributed by atoms with Gasteiger partial charge in [0.15, 0.2) is 0 Å². The largest absolute Gasteiger partial charge is 0.496 e. The van der Waals surface area contributed by atoms with Crippen molar-refractivity contribution in [1.82, 2.24) is 0 Å². The van der Waals surface area contributed by atoms with E-state index in [1.165, 1.54) is 0 Å². The molecule has 13 heavy (non-hydrogen) atoms. The predicted octanol–water partition coefficient (Wildman–Crippen LogP) is 1.04. The van der Waals surface area contributed by atoms with Crippen LogP contribution in [0.1, 0.15) is 19.8 Å². The highest BCUT2D eigenvalue weighted by Crippen LogP contribution is 2.26. The Balaban J connectivity index is 1.92. The molecule has 2 rings (SSSR count). The molecule has 0 amide bonds. The molecular weight excluding hydrogens is 166 g/mol. The van der Waals surface area contributed by atoms with Crippen molar-refractivity contribution in [2.24, 2.45) is 11.7 Å². The van der Waals surface area contributed by atoms with Crippen molar-refractivity contribution >= 4 is 0 Å². The summed E-state index contributed by atoms with van der Waals surface area (Å²) >= 11 is 0. The maximum atomic E-state index is 6.07. The molecule has 0 aromatic carbocycles. The molecule has 0 bridgehead atoms. The molecule has 1 fully saturated rings. The number of hydrogen-bond acceptors (Lipinski definition) is 3. The summed E-state index contributed by atoms with van der Waals surface area (Å²) in [5.41, 5.74) is 6.07. The highest BCUT2D eigenvalue weighted by atomic mass is 16.5. The van der Waals surface area contributed by atoms with E-state index in [1.807, 2.05) is 0 Å². The van der Waals surface area contributed by atoms with Crippen LogP contribution in [-0.2, 0) is 9.47 Å². The summed E-state index contributed by atoms with van der Waals surface area (Å²) in [5, 5.41) is 0. The van der Waals surface area contributed by atoms with Crippen LogP contribution in [0.15, 0.2) is 11.8 Å². The van der Waals surface area contributed by atoms with Gasteiger partial charge in [-0.05, 0) is 19.4 Å². The van der Waals surface area contributed by atoms with Crippen molar-refractivity contribution in [2.75, 3.05) is 13.2 Å². The zero-order valence-corrected chi connectivity index (χ0v) is 8.03. The van der Waals surface area contributed by atoms with Gasteiger partial charge in [0.05, 0.1) is 25.4 Å². The highest BCUT2D eigenvalue weighted by molar-refractivity contribution is 5.08. The summed E-state index contributed by atoms with van der Waals surface area (Å²) in [4.78, 5) is 0. The molecule has 0 aromatic heterocycles. The Kier molecular flexibility index (Phi) is 2.56. The first-order valence-electron chi connectivity index (χ1n) is 4.97. The van der Waals surface area contributed by atoms with Crippen LogP contribution in [0.3, 0.4) is 0 Å². The second kappa shape index (κ2) is 3.68. The third-order valence-corrected chi connectivity index (χ3v) is 2.80. The van der Waals surface area contributed by atoms with Crippen molar-refractivity contribution in [3.8, 4) is 0 Å². The quantitative estimate of drug-likeness (QED) is 0.695. The van der Waals surface area contributed by atoms with Gasteiger partial charge in [0, 0.05) is 12.3 Å². The SMILES string of the molecule is CC1CC(C(N)C2=CCCO2)CO1. The van der Waals surface area contributed by atoms with Crippen LogP contribution in [0, 0.1) is 5.92 Å². The van der Waals surface area contributed by atoms with E-state index in [0.717, 1.165) is 31.8 Å². The maximum absolute atomic E-state index is 6.07. The third-order valence-electron chi connectivity index (χ3n) is 2.80. The molecule has 0 radical (unpaired) electrons. The van der Waals surface area contributed by atoms with Crippen molar-refractivity contribution in [3.63, 3.8) is 0 Å². The van der Waals surface area contributed by atoms with Gasteiger partial charge in [-0.15, -0.1) is 0 Å². The highest BCUT2D eigenvalue weighted by Gasteiger charge is 2.30. The molecule has 0 aliphatic carbocycles. The van der Waals surface area contributed by atoms with Crippen molar-refractivity contribution < 1.29 is 9.47 Å². The first-order valence-corrected chi connectivity index (χ1v) is 4.97. The summed E-state index contributed by atoms with van der Waals surface area (Å²) in [6, 6.07) is 0.0486. The normalized spacial score (nSPS) is 35.7. The molecule has 3 atom stereocenters. The average Bonchev–Trinajstić information content (AvgIpc) is 2.72. The van der Waals surface area contributed by atoms with Gasteiger partial charge in [0.25, 0.3) is 0 Å². The Morgan fingerprint density at radius 1 is 1.62 bits per heavy atom. The van der Waals surface area contributed by atoms with Crippen LogP contribution < -0.4 is 5.73 Å². The summed E-state index contributed by atoms with van der Waals surface area (Å²) in [5.74, 6) is 1.42. The van der Waals surface area contributed by atoms with E-state index in [-0.39, 0.29) is 6.04 Å². The van der Waals surface area contributed by atoms with Gasteiger partial charge in [-0.3, -0.25) is 0 Å². The molecular formula is C10H17NO2. The molecule has 3 nitrogen and oxygen atoms in total. The lowest BCUT2D eigenvalue weighted by atomic mass is 9.96. The standard InChI is InChI=1S/C10H17NO2/c1-7-5-8(6-13-7)10(11)9-3-2-4-12-9/h3,7-8,10H,2,4-6,11H2,1H3. The lowest BCUT2D eigenvalue weighted by Gasteiger charge is -2.18. The summed E-state index contributed by atoms with van der Waals surface area (Å²) in [6.07, 6.45) is 4.53. The Morgan fingerprint density at radius 2 is 2.46 bits per heavy atom. The van der Waals surface area contributed by atoms with Crippen molar-refractivity contribution in [2.45, 2.75) is 31.9 Å². The first kappa shape index (κ1) is 9.03. The van der Waals surface area contributed by atoms with Crippen LogP contribution >= 0.6 is 0 Å². The second-order valence-corrected chi connectivity index (χ2v) is 3.91. The van der Waals surface area contributed by atoms with E-state index in [4.69, 9.17) is 15.2 Å². The van der Waals surface area contributed by atoms with Crippen molar-refractivity contribution in [1.29, 1.82) is 0 Å². The van der Waals surface area contributed by atoms with E-state index in [2.05, 4.69) is 13.0 Å². The molecule has 0 aromatic rings. The smallest absolute Gasteiger partial charge is 0.109 e. The molecule has 2 heterocycles. The minimum absolute atomic E-state index is 0.0486. The molecule has 74 valence electrons. The van der Waals surface area contributed by atoms with Gasteiger partial charge in [0.1, 0.15) is 5.76 Å². The minimum atomic E-state index is 0.0486. The van der Waals surface area contributed by atoms with E-state index in [0.29, 0.717) is 12.0 Å². The number of rotatable bonds is 2. The lowest BCUT2D eigenvalue weighted by Crippen LogP contribution is -2.32. The van der Waals surface area contributed by atoms with Crippen LogP contribution in [0.5, 0.6) is 0 Å². The zero-order valence-electron chi connectivity index (χ0n) is 8.03. The number of nitrogens with two attached hydrogens (primary N) is 1. The van der Waals surface area contributed by atoms with Crippen LogP contribution in [0.4, 0.5) is 0 Å². The number of hydrogen-bond donors (Lipinski definition) is 1. The summed E-state index contributed by atoms with van der Waals surface area (Å²) < 4.78 is 10.9. The van der Waals surface area contributed by atoms with E-state index >= 15 is 0 Å². The fourth-order valence-electron chi connectivity index (χ4n) is 2.00. The topological polar surface area (TPSA) is 44.5 Å². The van der Waals surface area contributed by atoms with E-state index in [9.17, 15) is 0 Å². The van der Waals surface area contributed by atoms with Gasteiger partial charge in [-0.25, -0.2) is 0 Å². The molecule has 2 aliphatic rings. The minimum Gasteiger partial charge on any atom is -0.496 e. The molecule has 0 saturated carbocycles. The third kappa shape index (κ3) is 1.86. The Bertz CT molecular complexity index is 215. The van der Waals surface area contributed by atoms with Gasteiger partial charge in [0.2, 0.25) is 0 Å². The fraction of sp³-hybridized carbons (Fsp3) is 0.800. The van der Waals surface area contributed by atoms with Gasteiger partial charge < -0.3 is 15.2 Å². The van der Waals surface area contributed by atoms with Crippen molar-refractivity contribution in [3.05, 3.63) is 11.8 Å². The Labute approximate surface area is 78.9 Å². The fourth-order valence-corrected chi connectivity index (χ4v) is 2.00. The molecule has 2 aliphatic heterocycles. The van der Waals surface area contributed by atoms with Gasteiger partial charge in [-0.2, -0.15) is 0 Å². The van der Waals surface area contributed by atoms with E-state index < -0.39 is 0 Å². The monoisotopic (exact) mass is 183 g/mol. The molecule has 3 unspecified atom stereocenters. The number of ether oxygens (including phenoxy) is 2. The van der Waals surface area contributed by atoms with Crippen LogP contribution in [0.2, 0.25) is 0 Å². The first-order chi connectivity index (χ1) is 6.27. The zero-order chi connectivity index (χ0) is 9.26. The molecule has 3 heteroatoms. The molecule has 1 saturated heterocycles. The van der Waals surface area contributed by atoms with Crippen LogP contribution in [0.25, 0.3) is 0 Å². The predicted molar refractivity (Wildman–Crippen MR) is 50.1 cm³/mol. The summed E-state index contributed by atoms with van der Waals surface area (Å²) in [7, 11) is 0. The average molecular weight is 183 g/mol. The second-order valence-electron chi connectivity index (χ2n) is 3.91. The van der Waals surface area contributed by atoms with Gasteiger partial charge >= 0.3 is 0 Å². The maximum Gasteiger partial charge on any atom is 0.109 e. The lowest BCUT2D eigenvalue weighted by molar-refractivity contribution is 0.116. The Morgan fingerprint density at radius 3 is 3.00 bits per heavy atom. The molecule has 2 N–H and O–H groups in total. The van der Waals surface area contributed by atoms with Gasteiger partial charge in [-0.1, -0.05) is 0 Å². The Hall–Kier alpha value is -0.540. The summed E-state index contributed by atoms with van der Waals surface area (Å²) in [6.45, 7) is 3.67. The molecule has 0 spiro atoms.